The van der Waals surface area contributed by atoms with E-state index in [9.17, 15) is 4.79 Å². The standard InChI is InChI=1S/C13H22N4O/c1-4-5-7-14-12-9-13(17-11(3)16-12)15-8-6-10(2)18/h9H,4-8H2,1-3H3,(H2,14,15,16,17). The van der Waals surface area contributed by atoms with Crippen molar-refractivity contribution in [3.8, 4) is 0 Å². The highest BCUT2D eigenvalue weighted by molar-refractivity contribution is 5.75. The number of hydrogen-bond donors (Lipinski definition) is 2. The minimum absolute atomic E-state index is 0.176. The maximum Gasteiger partial charge on any atom is 0.131 e. The zero-order valence-electron chi connectivity index (χ0n) is 11.4. The van der Waals surface area contributed by atoms with Crippen LogP contribution < -0.4 is 10.6 Å². The fourth-order valence-corrected chi connectivity index (χ4v) is 1.51. The lowest BCUT2D eigenvalue weighted by Gasteiger charge is -2.09. The topological polar surface area (TPSA) is 66.9 Å². The number of nitrogens with one attached hydrogen (secondary N) is 2. The predicted molar refractivity (Wildman–Crippen MR) is 74.0 cm³/mol. The number of ketones is 1. The summed E-state index contributed by atoms with van der Waals surface area (Å²) < 4.78 is 0. The van der Waals surface area contributed by atoms with Crippen LogP contribution in [0.1, 0.15) is 38.9 Å². The number of anilines is 2. The summed E-state index contributed by atoms with van der Waals surface area (Å²) in [6.07, 6.45) is 2.79. The molecule has 0 spiro atoms. The molecule has 1 heterocycles. The van der Waals surface area contributed by atoms with Crippen molar-refractivity contribution in [3.05, 3.63) is 11.9 Å². The molecule has 100 valence electrons. The minimum atomic E-state index is 0.176. The van der Waals surface area contributed by atoms with Gasteiger partial charge in [-0.2, -0.15) is 0 Å². The van der Waals surface area contributed by atoms with Crippen LogP contribution in [-0.2, 0) is 4.79 Å². The molecule has 1 rings (SSSR count). The van der Waals surface area contributed by atoms with Gasteiger partial charge in [-0.3, -0.25) is 4.79 Å². The number of hydrogen-bond acceptors (Lipinski definition) is 5. The van der Waals surface area contributed by atoms with Gasteiger partial charge in [-0.15, -0.1) is 0 Å². The van der Waals surface area contributed by atoms with Crippen molar-refractivity contribution in [1.29, 1.82) is 0 Å². The number of nitrogens with zero attached hydrogens (tertiary/aromatic N) is 2. The zero-order chi connectivity index (χ0) is 13.4. The first-order valence-electron chi connectivity index (χ1n) is 6.44. The van der Waals surface area contributed by atoms with E-state index in [2.05, 4.69) is 27.5 Å². The van der Waals surface area contributed by atoms with Gasteiger partial charge in [0.15, 0.2) is 0 Å². The van der Waals surface area contributed by atoms with Gasteiger partial charge in [0.25, 0.3) is 0 Å². The first kappa shape index (κ1) is 14.4. The summed E-state index contributed by atoms with van der Waals surface area (Å²) in [5.74, 6) is 2.50. The molecule has 0 aliphatic rings. The molecule has 0 atom stereocenters. The first-order chi connectivity index (χ1) is 8.61. The Kier molecular flexibility index (Phi) is 6.11. The van der Waals surface area contributed by atoms with Gasteiger partial charge < -0.3 is 10.6 Å². The summed E-state index contributed by atoms with van der Waals surface area (Å²) in [4.78, 5) is 19.5. The minimum Gasteiger partial charge on any atom is -0.370 e. The van der Waals surface area contributed by atoms with E-state index in [-0.39, 0.29) is 5.78 Å². The lowest BCUT2D eigenvalue weighted by atomic mass is 10.3. The summed E-state index contributed by atoms with van der Waals surface area (Å²) in [5, 5.41) is 6.40. The Balaban J connectivity index is 2.54. The molecule has 0 amide bonds. The summed E-state index contributed by atoms with van der Waals surface area (Å²) in [6, 6.07) is 1.88. The molecule has 1 aromatic rings. The van der Waals surface area contributed by atoms with Gasteiger partial charge in [0.1, 0.15) is 23.2 Å². The van der Waals surface area contributed by atoms with Gasteiger partial charge in [0.05, 0.1) is 0 Å². The van der Waals surface area contributed by atoms with Crippen molar-refractivity contribution in [3.63, 3.8) is 0 Å². The Hall–Kier alpha value is -1.65. The molecule has 0 fully saturated rings. The van der Waals surface area contributed by atoms with Crippen molar-refractivity contribution in [2.45, 2.75) is 40.0 Å². The molecule has 0 aromatic carbocycles. The van der Waals surface area contributed by atoms with Crippen LogP contribution in [0, 0.1) is 6.92 Å². The van der Waals surface area contributed by atoms with Crippen LogP contribution in [-0.4, -0.2) is 28.8 Å². The SMILES string of the molecule is CCCCNc1cc(NCCC(C)=O)nc(C)n1. The molecule has 2 N–H and O–H groups in total. The van der Waals surface area contributed by atoms with E-state index in [1.165, 1.54) is 0 Å². The van der Waals surface area contributed by atoms with Gasteiger partial charge >= 0.3 is 0 Å². The molecule has 0 saturated carbocycles. The van der Waals surface area contributed by atoms with Crippen molar-refractivity contribution in [2.75, 3.05) is 23.7 Å². The quantitative estimate of drug-likeness (QED) is 0.693. The third kappa shape index (κ3) is 5.61. The monoisotopic (exact) mass is 250 g/mol. The maximum absolute atomic E-state index is 10.9. The van der Waals surface area contributed by atoms with Crippen LogP contribution in [0.5, 0.6) is 0 Å². The second kappa shape index (κ2) is 7.63. The molecule has 1 aromatic heterocycles. The number of carbonyl (C=O) groups is 1. The highest BCUT2D eigenvalue weighted by Crippen LogP contribution is 2.11. The molecule has 5 heteroatoms. The van der Waals surface area contributed by atoms with Crippen molar-refractivity contribution >= 4 is 17.4 Å². The van der Waals surface area contributed by atoms with Crippen molar-refractivity contribution in [2.24, 2.45) is 0 Å². The average molecular weight is 250 g/mol. The molecule has 5 nitrogen and oxygen atoms in total. The number of rotatable bonds is 8. The van der Waals surface area contributed by atoms with E-state index in [1.54, 1.807) is 6.92 Å². The van der Waals surface area contributed by atoms with E-state index in [0.29, 0.717) is 13.0 Å². The highest BCUT2D eigenvalue weighted by Gasteiger charge is 2.01. The van der Waals surface area contributed by atoms with Gasteiger partial charge in [0.2, 0.25) is 0 Å². The zero-order valence-corrected chi connectivity index (χ0v) is 11.4. The summed E-state index contributed by atoms with van der Waals surface area (Å²) in [6.45, 7) is 7.13. The highest BCUT2D eigenvalue weighted by atomic mass is 16.1. The average Bonchev–Trinajstić information content (AvgIpc) is 2.28. The van der Waals surface area contributed by atoms with E-state index in [0.717, 1.165) is 36.8 Å². The Morgan fingerprint density at radius 3 is 2.39 bits per heavy atom. The van der Waals surface area contributed by atoms with E-state index >= 15 is 0 Å². The van der Waals surface area contributed by atoms with E-state index < -0.39 is 0 Å². The van der Waals surface area contributed by atoms with Crippen LogP contribution in [0.2, 0.25) is 0 Å². The Morgan fingerprint density at radius 1 is 1.22 bits per heavy atom. The molecule has 0 unspecified atom stereocenters. The van der Waals surface area contributed by atoms with Crippen molar-refractivity contribution < 1.29 is 4.79 Å². The molecule has 0 aliphatic carbocycles. The first-order valence-corrected chi connectivity index (χ1v) is 6.44. The summed E-state index contributed by atoms with van der Waals surface area (Å²) >= 11 is 0. The Labute approximate surface area is 108 Å². The maximum atomic E-state index is 10.9. The lowest BCUT2D eigenvalue weighted by molar-refractivity contribution is -0.116. The van der Waals surface area contributed by atoms with Gasteiger partial charge in [0, 0.05) is 25.6 Å². The van der Waals surface area contributed by atoms with E-state index in [1.807, 2.05) is 13.0 Å². The van der Waals surface area contributed by atoms with Crippen LogP contribution in [0.25, 0.3) is 0 Å². The molecule has 0 bridgehead atoms. The third-order valence-electron chi connectivity index (χ3n) is 2.46. The number of aromatic nitrogens is 2. The largest absolute Gasteiger partial charge is 0.370 e. The van der Waals surface area contributed by atoms with Crippen molar-refractivity contribution in [1.82, 2.24) is 9.97 Å². The van der Waals surface area contributed by atoms with Crippen LogP contribution in [0.4, 0.5) is 11.6 Å². The van der Waals surface area contributed by atoms with Crippen LogP contribution >= 0.6 is 0 Å². The molecule has 0 aliphatic heterocycles. The summed E-state index contributed by atoms with van der Waals surface area (Å²) in [7, 11) is 0. The van der Waals surface area contributed by atoms with E-state index in [4.69, 9.17) is 0 Å². The number of unbranched alkanes of at least 4 members (excludes halogenated alkanes) is 1. The van der Waals surface area contributed by atoms with Gasteiger partial charge in [-0.05, 0) is 20.3 Å². The third-order valence-corrected chi connectivity index (χ3v) is 2.46. The van der Waals surface area contributed by atoms with Gasteiger partial charge in [-0.25, -0.2) is 9.97 Å². The second-order valence-corrected chi connectivity index (χ2v) is 4.34. The van der Waals surface area contributed by atoms with Crippen LogP contribution in [0.3, 0.4) is 0 Å². The van der Waals surface area contributed by atoms with Gasteiger partial charge in [-0.1, -0.05) is 13.3 Å². The second-order valence-electron chi connectivity index (χ2n) is 4.34. The number of carbonyl (C=O) groups excluding carboxylic acids is 1. The molecule has 18 heavy (non-hydrogen) atoms. The molecular weight excluding hydrogens is 228 g/mol. The predicted octanol–water partition coefficient (Wildman–Crippen LogP) is 2.39. The fourth-order valence-electron chi connectivity index (χ4n) is 1.51. The molecular formula is C13H22N4O. The van der Waals surface area contributed by atoms with Crippen LogP contribution in [0.15, 0.2) is 6.07 Å². The number of aryl methyl sites for hydroxylation is 1. The molecule has 0 saturated heterocycles. The molecule has 0 radical (unpaired) electrons. The fraction of sp³-hybridized carbons (Fsp3) is 0.615. The lowest BCUT2D eigenvalue weighted by Crippen LogP contribution is -2.10. The number of Topliss-reactive ketones (excluding diaryl/α,β-unsaturated/α-hetero) is 1. The normalized spacial score (nSPS) is 10.2. The Morgan fingerprint density at radius 2 is 1.83 bits per heavy atom. The smallest absolute Gasteiger partial charge is 0.131 e. The summed E-state index contributed by atoms with van der Waals surface area (Å²) in [5.41, 5.74) is 0. The Bertz CT molecular complexity index is 393.